The second-order valence-corrected chi connectivity index (χ2v) is 6.02. The fraction of sp³-hybridized carbons (Fsp3) is 0.364. The first-order valence-corrected chi connectivity index (χ1v) is 7.37. The fourth-order valence-electron chi connectivity index (χ4n) is 2.01. The summed E-state index contributed by atoms with van der Waals surface area (Å²) in [6.45, 7) is 3.49. The molecule has 0 aliphatic heterocycles. The van der Waals surface area contributed by atoms with Crippen LogP contribution in [0.2, 0.25) is 0 Å². The maximum Gasteiger partial charge on any atom is 0.277 e. The Morgan fingerprint density at radius 2 is 1.80 bits per heavy atom. The minimum Gasteiger partial charge on any atom is -0.388 e. The molecule has 1 heterocycles. The summed E-state index contributed by atoms with van der Waals surface area (Å²) in [7, 11) is -0.402. The quantitative estimate of drug-likeness (QED) is 0.859. The number of hydrogen-bond donors (Lipinski definition) is 2. The molecule has 2 N–H and O–H groups in total. The first-order chi connectivity index (χ1) is 9.33. The molecule has 8 nitrogen and oxygen atoms in total. The predicted molar refractivity (Wildman–Crippen MR) is 75.1 cm³/mol. The number of nitrogens with one attached hydrogen (secondary N) is 2. The van der Waals surface area contributed by atoms with Crippen molar-refractivity contribution >= 4 is 21.7 Å². The Morgan fingerprint density at radius 3 is 2.25 bits per heavy atom. The summed E-state index contributed by atoms with van der Waals surface area (Å²) in [6, 6.07) is 3.54. The Kier molecular flexibility index (Phi) is 3.62. The summed E-state index contributed by atoms with van der Waals surface area (Å²) in [5, 5.41) is 14.0. The zero-order valence-electron chi connectivity index (χ0n) is 11.7. The maximum absolute atomic E-state index is 12.4. The predicted octanol–water partition coefficient (Wildman–Crippen LogP) is 0.669. The Hall–Kier alpha value is -2.16. The van der Waals surface area contributed by atoms with Crippen molar-refractivity contribution < 1.29 is 8.42 Å². The lowest BCUT2D eigenvalue weighted by Gasteiger charge is -2.13. The van der Waals surface area contributed by atoms with E-state index in [9.17, 15) is 8.42 Å². The molecule has 0 saturated carbocycles. The number of tetrazole rings is 1. The molecule has 9 heteroatoms. The van der Waals surface area contributed by atoms with Crippen molar-refractivity contribution in [2.24, 2.45) is 7.05 Å². The molecule has 20 heavy (non-hydrogen) atoms. The Balaban J connectivity index is 2.44. The molecule has 2 aromatic rings. The number of rotatable bonds is 4. The van der Waals surface area contributed by atoms with Crippen molar-refractivity contribution in [2.45, 2.75) is 18.7 Å². The number of hydrogen-bond acceptors (Lipinski definition) is 6. The van der Waals surface area contributed by atoms with E-state index in [1.165, 1.54) is 4.80 Å². The van der Waals surface area contributed by atoms with Gasteiger partial charge in [-0.2, -0.15) is 4.80 Å². The average molecular weight is 296 g/mol. The van der Waals surface area contributed by atoms with Crippen molar-refractivity contribution in [3.05, 3.63) is 23.3 Å². The van der Waals surface area contributed by atoms with Crippen LogP contribution in [0.3, 0.4) is 0 Å². The summed E-state index contributed by atoms with van der Waals surface area (Å²) >= 11 is 0. The third-order valence-corrected chi connectivity index (χ3v) is 4.38. The highest BCUT2D eigenvalue weighted by Gasteiger charge is 2.22. The topological polar surface area (TPSA) is 102 Å². The summed E-state index contributed by atoms with van der Waals surface area (Å²) in [6.07, 6.45) is 0. The lowest BCUT2D eigenvalue weighted by molar-refractivity contribution is 0.599. The van der Waals surface area contributed by atoms with E-state index >= 15 is 0 Å². The zero-order chi connectivity index (χ0) is 14.9. The van der Waals surface area contributed by atoms with Gasteiger partial charge in [-0.25, -0.2) is 13.1 Å². The van der Waals surface area contributed by atoms with E-state index in [2.05, 4.69) is 25.4 Å². The summed E-state index contributed by atoms with van der Waals surface area (Å²) in [4.78, 5) is 1.41. The Bertz CT molecular complexity index is 714. The van der Waals surface area contributed by atoms with E-state index in [1.54, 1.807) is 40.1 Å². The maximum atomic E-state index is 12.4. The van der Waals surface area contributed by atoms with E-state index in [0.29, 0.717) is 11.1 Å². The van der Waals surface area contributed by atoms with E-state index in [-0.39, 0.29) is 10.8 Å². The number of anilines is 2. The van der Waals surface area contributed by atoms with Crippen molar-refractivity contribution in [3.63, 3.8) is 0 Å². The van der Waals surface area contributed by atoms with Crippen LogP contribution in [0.4, 0.5) is 11.6 Å². The van der Waals surface area contributed by atoms with Gasteiger partial charge in [0, 0.05) is 12.7 Å². The Morgan fingerprint density at radius 1 is 1.20 bits per heavy atom. The van der Waals surface area contributed by atoms with Gasteiger partial charge in [0.2, 0.25) is 0 Å². The van der Waals surface area contributed by atoms with Gasteiger partial charge >= 0.3 is 0 Å². The molecular formula is C11H16N6O2S. The van der Waals surface area contributed by atoms with Crippen molar-refractivity contribution in [1.82, 2.24) is 20.2 Å². The smallest absolute Gasteiger partial charge is 0.277 e. The number of nitrogens with zero attached hydrogens (tertiary/aromatic N) is 4. The largest absolute Gasteiger partial charge is 0.388 e. The molecule has 0 unspecified atom stereocenters. The van der Waals surface area contributed by atoms with Gasteiger partial charge in [0.05, 0.1) is 11.9 Å². The highest BCUT2D eigenvalue weighted by Crippen LogP contribution is 2.25. The molecule has 0 amide bonds. The van der Waals surface area contributed by atoms with Crippen molar-refractivity contribution in [2.75, 3.05) is 17.1 Å². The lowest BCUT2D eigenvalue weighted by atomic mass is 10.1. The van der Waals surface area contributed by atoms with Crippen molar-refractivity contribution in [3.8, 4) is 0 Å². The molecule has 0 aliphatic carbocycles. The molecule has 0 bridgehead atoms. The van der Waals surface area contributed by atoms with Crippen LogP contribution >= 0.6 is 0 Å². The van der Waals surface area contributed by atoms with Crippen LogP contribution in [0.5, 0.6) is 0 Å². The number of benzene rings is 1. The molecular weight excluding hydrogens is 280 g/mol. The first kappa shape index (κ1) is 14.3. The van der Waals surface area contributed by atoms with Crippen molar-refractivity contribution in [1.29, 1.82) is 0 Å². The third kappa shape index (κ3) is 2.72. The summed E-state index contributed by atoms with van der Waals surface area (Å²) in [5.74, 6) is -0.0519. The Labute approximate surface area is 117 Å². The normalized spacial score (nSPS) is 11.4. The minimum absolute atomic E-state index is 0.0519. The second-order valence-electron chi connectivity index (χ2n) is 4.40. The molecule has 1 aromatic carbocycles. The standard InChI is InChI=1S/C11H16N6O2S/c1-7-5-9(12-3)6-8(2)10(7)20(18,19)15-11-13-16-17(4)14-11/h5-6,12H,1-4H3,(H,14,15). The fourth-order valence-corrected chi connectivity index (χ4v) is 3.40. The van der Waals surface area contributed by atoms with Gasteiger partial charge in [0.1, 0.15) is 0 Å². The number of sulfonamides is 1. The second kappa shape index (κ2) is 5.08. The molecule has 0 spiro atoms. The minimum atomic E-state index is -3.74. The third-order valence-electron chi connectivity index (χ3n) is 2.75. The molecule has 0 radical (unpaired) electrons. The summed E-state index contributed by atoms with van der Waals surface area (Å²) < 4.78 is 27.1. The van der Waals surface area contributed by atoms with Gasteiger partial charge < -0.3 is 5.32 Å². The number of aromatic nitrogens is 4. The van der Waals surface area contributed by atoms with Crippen LogP contribution in [0.1, 0.15) is 11.1 Å². The average Bonchev–Trinajstić information content (AvgIpc) is 2.72. The SMILES string of the molecule is CNc1cc(C)c(S(=O)(=O)Nc2nnn(C)n2)c(C)c1. The molecule has 1 aromatic heterocycles. The lowest BCUT2D eigenvalue weighted by Crippen LogP contribution is -2.17. The molecule has 108 valence electrons. The van der Waals surface area contributed by atoms with E-state index in [4.69, 9.17) is 0 Å². The van der Waals surface area contributed by atoms with E-state index < -0.39 is 10.0 Å². The molecule has 0 fully saturated rings. The van der Waals surface area contributed by atoms with Crippen LogP contribution in [-0.4, -0.2) is 35.7 Å². The summed E-state index contributed by atoms with van der Waals surface area (Å²) in [5.41, 5.74) is 2.15. The molecule has 2 rings (SSSR count). The van der Waals surface area contributed by atoms with Gasteiger partial charge in [-0.05, 0) is 42.3 Å². The molecule has 0 saturated heterocycles. The van der Waals surface area contributed by atoms with Gasteiger partial charge in [-0.3, -0.25) is 0 Å². The van der Waals surface area contributed by atoms with Gasteiger partial charge in [0.15, 0.2) is 0 Å². The zero-order valence-corrected chi connectivity index (χ0v) is 12.5. The van der Waals surface area contributed by atoms with Crippen LogP contribution in [0.15, 0.2) is 17.0 Å². The van der Waals surface area contributed by atoms with Crippen LogP contribution in [-0.2, 0) is 17.1 Å². The highest BCUT2D eigenvalue weighted by atomic mass is 32.2. The first-order valence-electron chi connectivity index (χ1n) is 5.89. The van der Waals surface area contributed by atoms with E-state index in [1.807, 2.05) is 0 Å². The van der Waals surface area contributed by atoms with Gasteiger partial charge in [-0.1, -0.05) is 5.10 Å². The van der Waals surface area contributed by atoms with Crippen LogP contribution in [0, 0.1) is 13.8 Å². The van der Waals surface area contributed by atoms with Crippen LogP contribution < -0.4 is 10.0 Å². The van der Waals surface area contributed by atoms with Crippen LogP contribution in [0.25, 0.3) is 0 Å². The monoisotopic (exact) mass is 296 g/mol. The number of aryl methyl sites for hydroxylation is 3. The molecule has 0 atom stereocenters. The van der Waals surface area contributed by atoms with Gasteiger partial charge in [-0.15, -0.1) is 5.10 Å². The van der Waals surface area contributed by atoms with E-state index in [0.717, 1.165) is 5.69 Å². The highest BCUT2D eigenvalue weighted by molar-refractivity contribution is 7.92. The molecule has 0 aliphatic rings. The van der Waals surface area contributed by atoms with Gasteiger partial charge in [0.25, 0.3) is 16.0 Å².